The highest BCUT2D eigenvalue weighted by Crippen LogP contribution is 2.38. The molecular formula is C19H16BrOP. The molecule has 1 nitrogen and oxygen atoms in total. The summed E-state index contributed by atoms with van der Waals surface area (Å²) in [5.41, 5.74) is 0. The molecule has 0 aliphatic heterocycles. The minimum atomic E-state index is -0.665. The van der Waals surface area contributed by atoms with Crippen LogP contribution in [0.5, 0.6) is 5.75 Å². The van der Waals surface area contributed by atoms with Crippen molar-refractivity contribution in [3.63, 3.8) is 0 Å². The number of hydrogen-bond donors (Lipinski definition) is 0. The lowest BCUT2D eigenvalue weighted by Gasteiger charge is -2.22. The molecule has 22 heavy (non-hydrogen) atoms. The minimum absolute atomic E-state index is 0.665. The number of benzene rings is 3. The molecule has 0 heterocycles. The minimum Gasteiger partial charge on any atom is -0.496 e. The predicted molar refractivity (Wildman–Crippen MR) is 99.4 cm³/mol. The monoisotopic (exact) mass is 370 g/mol. The van der Waals surface area contributed by atoms with Crippen molar-refractivity contribution in [1.29, 1.82) is 0 Å². The molecule has 0 bridgehead atoms. The lowest BCUT2D eigenvalue weighted by molar-refractivity contribution is 0.418. The van der Waals surface area contributed by atoms with Crippen molar-refractivity contribution >= 4 is 39.8 Å². The quantitative estimate of drug-likeness (QED) is 0.625. The van der Waals surface area contributed by atoms with Crippen LogP contribution in [0.15, 0.2) is 83.3 Å². The van der Waals surface area contributed by atoms with E-state index in [-0.39, 0.29) is 0 Å². The fourth-order valence-corrected chi connectivity index (χ4v) is 5.68. The van der Waals surface area contributed by atoms with E-state index in [1.807, 2.05) is 18.2 Å². The molecule has 0 fully saturated rings. The highest BCUT2D eigenvalue weighted by Gasteiger charge is 2.21. The van der Waals surface area contributed by atoms with Gasteiger partial charge in [-0.25, -0.2) is 0 Å². The molecule has 0 saturated carbocycles. The number of rotatable bonds is 4. The number of halogens is 1. The van der Waals surface area contributed by atoms with Crippen LogP contribution >= 0.6 is 23.9 Å². The molecule has 3 aromatic carbocycles. The molecule has 1 atom stereocenters. The maximum absolute atomic E-state index is 5.61. The van der Waals surface area contributed by atoms with Crippen LogP contribution in [-0.4, -0.2) is 7.11 Å². The van der Waals surface area contributed by atoms with Crippen molar-refractivity contribution in [3.05, 3.63) is 83.3 Å². The van der Waals surface area contributed by atoms with Gasteiger partial charge in [-0.2, -0.15) is 0 Å². The van der Waals surface area contributed by atoms with E-state index < -0.39 is 7.92 Å². The summed E-state index contributed by atoms with van der Waals surface area (Å²) < 4.78 is 6.75. The van der Waals surface area contributed by atoms with Crippen LogP contribution < -0.4 is 20.7 Å². The van der Waals surface area contributed by atoms with Crippen molar-refractivity contribution < 1.29 is 4.74 Å². The summed E-state index contributed by atoms with van der Waals surface area (Å²) in [5, 5.41) is 3.85. The Morgan fingerprint density at radius 3 is 2.00 bits per heavy atom. The molecular weight excluding hydrogens is 355 g/mol. The fourth-order valence-electron chi connectivity index (χ4n) is 2.43. The van der Waals surface area contributed by atoms with Gasteiger partial charge >= 0.3 is 0 Å². The number of ether oxygens (including phenoxy) is 1. The van der Waals surface area contributed by atoms with Crippen molar-refractivity contribution in [2.75, 3.05) is 7.11 Å². The number of para-hydroxylation sites is 1. The third-order valence-corrected chi connectivity index (χ3v) is 6.97. The van der Waals surface area contributed by atoms with Gasteiger partial charge in [0.15, 0.2) is 0 Å². The first-order chi connectivity index (χ1) is 10.8. The van der Waals surface area contributed by atoms with E-state index in [0.717, 1.165) is 10.2 Å². The second kappa shape index (κ2) is 7.09. The summed E-state index contributed by atoms with van der Waals surface area (Å²) in [4.78, 5) is 0. The van der Waals surface area contributed by atoms with E-state index in [2.05, 4.69) is 76.6 Å². The summed E-state index contributed by atoms with van der Waals surface area (Å²) >= 11 is 3.71. The van der Waals surface area contributed by atoms with Crippen LogP contribution in [0.3, 0.4) is 0 Å². The third kappa shape index (κ3) is 3.09. The fraction of sp³-hybridized carbons (Fsp3) is 0.0526. The van der Waals surface area contributed by atoms with Gasteiger partial charge in [-0.1, -0.05) is 82.7 Å². The third-order valence-electron chi connectivity index (χ3n) is 3.43. The van der Waals surface area contributed by atoms with Gasteiger partial charge in [-0.15, -0.1) is 0 Å². The zero-order valence-electron chi connectivity index (χ0n) is 12.2. The molecule has 110 valence electrons. The first kappa shape index (κ1) is 15.3. The van der Waals surface area contributed by atoms with Gasteiger partial charge < -0.3 is 4.74 Å². The first-order valence-corrected chi connectivity index (χ1v) is 9.17. The van der Waals surface area contributed by atoms with Gasteiger partial charge in [-0.3, -0.25) is 0 Å². The highest BCUT2D eigenvalue weighted by atomic mass is 79.9. The lowest BCUT2D eigenvalue weighted by Crippen LogP contribution is -2.22. The molecule has 3 rings (SSSR count). The average Bonchev–Trinajstić information content (AvgIpc) is 2.58. The van der Waals surface area contributed by atoms with E-state index >= 15 is 0 Å². The Labute approximate surface area is 140 Å². The second-order valence-electron chi connectivity index (χ2n) is 4.79. The molecule has 0 aliphatic rings. The average molecular weight is 371 g/mol. The Morgan fingerprint density at radius 1 is 0.727 bits per heavy atom. The molecule has 0 aliphatic carbocycles. The summed E-state index contributed by atoms with van der Waals surface area (Å²) in [6.07, 6.45) is 0. The van der Waals surface area contributed by atoms with Gasteiger partial charge in [0.2, 0.25) is 0 Å². The van der Waals surface area contributed by atoms with Crippen molar-refractivity contribution in [2.45, 2.75) is 0 Å². The zero-order chi connectivity index (χ0) is 15.4. The van der Waals surface area contributed by atoms with Crippen LogP contribution in [0.4, 0.5) is 0 Å². The molecule has 0 spiro atoms. The van der Waals surface area contributed by atoms with E-state index in [4.69, 9.17) is 4.74 Å². The van der Waals surface area contributed by atoms with Crippen LogP contribution in [0, 0.1) is 0 Å². The van der Waals surface area contributed by atoms with Crippen LogP contribution in [0.2, 0.25) is 0 Å². The molecule has 3 aromatic rings. The van der Waals surface area contributed by atoms with E-state index in [0.29, 0.717) is 0 Å². The molecule has 0 saturated heterocycles. The van der Waals surface area contributed by atoms with Crippen molar-refractivity contribution in [3.8, 4) is 5.75 Å². The Balaban J connectivity index is 2.22. The summed E-state index contributed by atoms with van der Waals surface area (Å²) in [6.45, 7) is 0. The lowest BCUT2D eigenvalue weighted by atomic mass is 10.3. The van der Waals surface area contributed by atoms with Crippen LogP contribution in [-0.2, 0) is 0 Å². The predicted octanol–water partition coefficient (Wildman–Crippen LogP) is 4.22. The maximum Gasteiger partial charge on any atom is 0.127 e. The van der Waals surface area contributed by atoms with Gasteiger partial charge in [0, 0.05) is 9.78 Å². The Morgan fingerprint density at radius 2 is 1.32 bits per heavy atom. The van der Waals surface area contributed by atoms with Crippen LogP contribution in [0.25, 0.3) is 0 Å². The van der Waals surface area contributed by atoms with Crippen molar-refractivity contribution in [2.24, 2.45) is 0 Å². The van der Waals surface area contributed by atoms with Crippen LogP contribution in [0.1, 0.15) is 0 Å². The summed E-state index contributed by atoms with van der Waals surface area (Å²) in [6, 6.07) is 27.3. The topological polar surface area (TPSA) is 9.23 Å². The smallest absolute Gasteiger partial charge is 0.127 e. The van der Waals surface area contributed by atoms with Gasteiger partial charge in [0.05, 0.1) is 7.11 Å². The number of methoxy groups -OCH3 is 1. The standard InChI is InChI=1S/C19H16BrOP/c1-21-17-12-6-8-14-19(17)22(15-9-3-2-4-10-15)18-13-7-5-11-16(18)20/h2-14H,1H3. The molecule has 1 unspecified atom stereocenters. The molecule has 0 N–H and O–H groups in total. The Bertz CT molecular complexity index is 758. The zero-order valence-corrected chi connectivity index (χ0v) is 14.7. The Hall–Kier alpha value is -1.63. The van der Waals surface area contributed by atoms with E-state index in [1.165, 1.54) is 15.9 Å². The second-order valence-corrected chi connectivity index (χ2v) is 7.80. The molecule has 0 aromatic heterocycles. The first-order valence-electron chi connectivity index (χ1n) is 7.04. The molecule has 3 heteroatoms. The molecule has 0 radical (unpaired) electrons. The van der Waals surface area contributed by atoms with E-state index in [1.54, 1.807) is 7.11 Å². The van der Waals surface area contributed by atoms with Gasteiger partial charge in [0.1, 0.15) is 5.75 Å². The maximum atomic E-state index is 5.61. The Kier molecular flexibility index (Phi) is 4.92. The highest BCUT2D eigenvalue weighted by molar-refractivity contribution is 9.10. The summed E-state index contributed by atoms with van der Waals surface area (Å²) in [7, 11) is 1.07. The van der Waals surface area contributed by atoms with Gasteiger partial charge in [-0.05, 0) is 30.7 Å². The largest absolute Gasteiger partial charge is 0.496 e. The number of hydrogen-bond acceptors (Lipinski definition) is 1. The molecule has 0 amide bonds. The SMILES string of the molecule is COc1ccccc1P(c1ccccc1)c1ccccc1Br. The van der Waals surface area contributed by atoms with E-state index in [9.17, 15) is 0 Å². The summed E-state index contributed by atoms with van der Waals surface area (Å²) in [5.74, 6) is 0.938. The van der Waals surface area contributed by atoms with Crippen molar-refractivity contribution in [1.82, 2.24) is 0 Å². The normalized spacial score (nSPS) is 11.9. The van der Waals surface area contributed by atoms with Gasteiger partial charge in [0.25, 0.3) is 0 Å².